The van der Waals surface area contributed by atoms with Crippen LogP contribution in [0.1, 0.15) is 36.4 Å². The molecule has 0 bridgehead atoms. The molecule has 0 unspecified atom stereocenters. The van der Waals surface area contributed by atoms with Gasteiger partial charge in [0, 0.05) is 10.5 Å². The van der Waals surface area contributed by atoms with Gasteiger partial charge in [0.25, 0.3) is 0 Å². The zero-order chi connectivity index (χ0) is 11.8. The lowest BCUT2D eigenvalue weighted by Crippen LogP contribution is -2.10. The Morgan fingerprint density at radius 3 is 2.71 bits per heavy atom. The monoisotopic (exact) mass is 289 g/mol. The highest BCUT2D eigenvalue weighted by Crippen LogP contribution is 2.36. The summed E-state index contributed by atoms with van der Waals surface area (Å²) in [6.45, 7) is 0. The van der Waals surface area contributed by atoms with Crippen LogP contribution in [0.5, 0.6) is 0 Å². The van der Waals surface area contributed by atoms with E-state index in [1.54, 1.807) is 0 Å². The van der Waals surface area contributed by atoms with Crippen molar-refractivity contribution in [3.05, 3.63) is 45.9 Å². The van der Waals surface area contributed by atoms with Crippen molar-refractivity contribution in [1.29, 1.82) is 0 Å². The van der Waals surface area contributed by atoms with Gasteiger partial charge >= 0.3 is 0 Å². The molecule has 0 radical (unpaired) electrons. The van der Waals surface area contributed by atoms with Gasteiger partial charge in [0.2, 0.25) is 0 Å². The fourth-order valence-electron chi connectivity index (χ4n) is 2.84. The maximum absolute atomic E-state index is 6.29. The van der Waals surface area contributed by atoms with Gasteiger partial charge in [-0.15, -0.1) is 0 Å². The summed E-state index contributed by atoms with van der Waals surface area (Å²) in [5.74, 6) is 0. The van der Waals surface area contributed by atoms with E-state index in [0.717, 1.165) is 12.8 Å². The second kappa shape index (κ2) is 4.43. The maximum atomic E-state index is 6.29. The summed E-state index contributed by atoms with van der Waals surface area (Å²) < 4.78 is 1.17. The van der Waals surface area contributed by atoms with E-state index in [4.69, 9.17) is 5.73 Å². The van der Waals surface area contributed by atoms with Crippen LogP contribution in [-0.4, -0.2) is 0 Å². The van der Waals surface area contributed by atoms with E-state index >= 15 is 0 Å². The Bertz CT molecular complexity index is 562. The molecule has 2 N–H and O–H groups in total. The Hall–Kier alpha value is -0.860. The molecule has 1 atom stereocenters. The van der Waals surface area contributed by atoms with Crippen LogP contribution in [0, 0.1) is 0 Å². The zero-order valence-electron chi connectivity index (χ0n) is 9.75. The van der Waals surface area contributed by atoms with Gasteiger partial charge in [0.1, 0.15) is 0 Å². The standard InChI is InChI=1S/C15H16BrN/c16-14-9-13-11(6-3-4-8-15(13)17)10-5-1-2-7-12(10)14/h1-2,5,7,9,15H,3-4,6,8,17H2/t15-/m1/s1. The van der Waals surface area contributed by atoms with Crippen LogP contribution in [0.3, 0.4) is 0 Å². The molecule has 0 saturated heterocycles. The number of hydrogen-bond acceptors (Lipinski definition) is 1. The van der Waals surface area contributed by atoms with Gasteiger partial charge in [-0.2, -0.15) is 0 Å². The van der Waals surface area contributed by atoms with Crippen LogP contribution in [-0.2, 0) is 6.42 Å². The van der Waals surface area contributed by atoms with Gasteiger partial charge in [0.15, 0.2) is 0 Å². The fraction of sp³-hybridized carbons (Fsp3) is 0.333. The van der Waals surface area contributed by atoms with Crippen LogP contribution >= 0.6 is 15.9 Å². The largest absolute Gasteiger partial charge is 0.324 e. The SMILES string of the molecule is N[C@@H]1CCCCc2c1cc(Br)c1ccccc21. The highest BCUT2D eigenvalue weighted by molar-refractivity contribution is 9.10. The zero-order valence-corrected chi connectivity index (χ0v) is 11.3. The number of benzene rings is 2. The summed E-state index contributed by atoms with van der Waals surface area (Å²) in [6, 6.07) is 11.0. The van der Waals surface area contributed by atoms with Gasteiger partial charge in [-0.3, -0.25) is 0 Å². The summed E-state index contributed by atoms with van der Waals surface area (Å²) >= 11 is 3.67. The summed E-state index contributed by atoms with van der Waals surface area (Å²) in [4.78, 5) is 0. The van der Waals surface area contributed by atoms with Gasteiger partial charge in [-0.25, -0.2) is 0 Å². The first-order chi connectivity index (χ1) is 8.27. The molecule has 2 aromatic carbocycles. The lowest BCUT2D eigenvalue weighted by molar-refractivity contribution is 0.615. The summed E-state index contributed by atoms with van der Waals surface area (Å²) in [6.07, 6.45) is 4.77. The molecule has 3 rings (SSSR count). The first-order valence-electron chi connectivity index (χ1n) is 6.23. The van der Waals surface area contributed by atoms with Gasteiger partial charge < -0.3 is 5.73 Å². The number of aryl methyl sites for hydroxylation is 1. The molecule has 0 amide bonds. The Balaban J connectivity index is 2.34. The molecule has 17 heavy (non-hydrogen) atoms. The van der Waals surface area contributed by atoms with Crippen molar-refractivity contribution in [3.63, 3.8) is 0 Å². The number of hydrogen-bond donors (Lipinski definition) is 1. The van der Waals surface area contributed by atoms with Crippen molar-refractivity contribution in [2.24, 2.45) is 5.73 Å². The van der Waals surface area contributed by atoms with E-state index in [1.807, 2.05) is 0 Å². The highest BCUT2D eigenvalue weighted by atomic mass is 79.9. The van der Waals surface area contributed by atoms with Crippen molar-refractivity contribution < 1.29 is 0 Å². The maximum Gasteiger partial charge on any atom is 0.0298 e. The molecule has 1 nitrogen and oxygen atoms in total. The van der Waals surface area contributed by atoms with Crippen LogP contribution < -0.4 is 5.73 Å². The highest BCUT2D eigenvalue weighted by Gasteiger charge is 2.18. The normalized spacial score (nSPS) is 20.0. The molecule has 88 valence electrons. The van der Waals surface area contributed by atoms with Crippen LogP contribution in [0.2, 0.25) is 0 Å². The second-order valence-corrected chi connectivity index (χ2v) is 5.68. The predicted molar refractivity (Wildman–Crippen MR) is 76.1 cm³/mol. The van der Waals surface area contributed by atoms with Gasteiger partial charge in [0.05, 0.1) is 0 Å². The van der Waals surface area contributed by atoms with Crippen molar-refractivity contribution in [2.45, 2.75) is 31.7 Å². The Kier molecular flexibility index (Phi) is 2.93. The predicted octanol–water partition coefficient (Wildman–Crippen LogP) is 4.33. The number of fused-ring (bicyclic) bond motifs is 3. The van der Waals surface area contributed by atoms with Gasteiger partial charge in [-0.05, 0) is 47.2 Å². The van der Waals surface area contributed by atoms with Gasteiger partial charge in [-0.1, -0.05) is 46.6 Å². The number of halogens is 1. The van der Waals surface area contributed by atoms with Crippen molar-refractivity contribution in [1.82, 2.24) is 0 Å². The molecule has 2 heteroatoms. The minimum atomic E-state index is 0.202. The molecule has 1 aliphatic carbocycles. The first kappa shape index (κ1) is 11.2. The molecule has 0 aromatic heterocycles. The Morgan fingerprint density at radius 2 is 1.88 bits per heavy atom. The fourth-order valence-corrected chi connectivity index (χ4v) is 3.44. The average molecular weight is 290 g/mol. The molecular formula is C15H16BrN. The molecule has 2 aromatic rings. The molecule has 0 aliphatic heterocycles. The van der Waals surface area contributed by atoms with Crippen LogP contribution in [0.25, 0.3) is 10.8 Å². The minimum absolute atomic E-state index is 0.202. The molecular weight excluding hydrogens is 274 g/mol. The molecule has 0 spiro atoms. The third kappa shape index (κ3) is 1.90. The Labute approximate surface area is 110 Å². The van der Waals surface area contributed by atoms with E-state index in [2.05, 4.69) is 46.3 Å². The third-order valence-electron chi connectivity index (χ3n) is 3.73. The quantitative estimate of drug-likeness (QED) is 0.718. The van der Waals surface area contributed by atoms with Crippen LogP contribution in [0.4, 0.5) is 0 Å². The van der Waals surface area contributed by atoms with Crippen LogP contribution in [0.15, 0.2) is 34.8 Å². The van der Waals surface area contributed by atoms with Crippen molar-refractivity contribution in [3.8, 4) is 0 Å². The van der Waals surface area contributed by atoms with Crippen molar-refractivity contribution >= 4 is 26.7 Å². The van der Waals surface area contributed by atoms with E-state index in [-0.39, 0.29) is 6.04 Å². The van der Waals surface area contributed by atoms with E-state index in [1.165, 1.54) is 39.2 Å². The van der Waals surface area contributed by atoms with E-state index in [9.17, 15) is 0 Å². The summed E-state index contributed by atoms with van der Waals surface area (Å²) in [5, 5.41) is 2.68. The lowest BCUT2D eigenvalue weighted by Gasteiger charge is -2.16. The first-order valence-corrected chi connectivity index (χ1v) is 7.02. The Morgan fingerprint density at radius 1 is 1.12 bits per heavy atom. The van der Waals surface area contributed by atoms with Crippen molar-refractivity contribution in [2.75, 3.05) is 0 Å². The minimum Gasteiger partial charge on any atom is -0.324 e. The number of nitrogens with two attached hydrogens (primary N) is 1. The van der Waals surface area contributed by atoms with E-state index in [0.29, 0.717) is 0 Å². The molecule has 0 heterocycles. The van der Waals surface area contributed by atoms with E-state index < -0.39 is 0 Å². The third-order valence-corrected chi connectivity index (χ3v) is 4.39. The average Bonchev–Trinajstić information content (AvgIpc) is 2.53. The smallest absolute Gasteiger partial charge is 0.0298 e. The topological polar surface area (TPSA) is 26.0 Å². The molecule has 1 aliphatic rings. The second-order valence-electron chi connectivity index (χ2n) is 4.82. The summed E-state index contributed by atoms with van der Waals surface area (Å²) in [7, 11) is 0. The molecule has 0 saturated carbocycles. The molecule has 0 fully saturated rings. The lowest BCUT2D eigenvalue weighted by atomic mass is 9.94. The number of rotatable bonds is 0. The summed E-state index contributed by atoms with van der Waals surface area (Å²) in [5.41, 5.74) is 9.09.